The lowest BCUT2D eigenvalue weighted by Crippen LogP contribution is -2.37. The fraction of sp³-hybridized carbons (Fsp3) is 0.625. The molecule has 2 aromatic rings. The van der Waals surface area contributed by atoms with E-state index in [4.69, 9.17) is 0 Å². The van der Waals surface area contributed by atoms with Crippen LogP contribution in [-0.4, -0.2) is 0 Å². The minimum absolute atomic E-state index is 0.0623. The number of hydrogen-bond donors (Lipinski definition) is 0. The van der Waals surface area contributed by atoms with E-state index in [1.54, 1.807) is 0 Å². The Bertz CT molecular complexity index is 838. The van der Waals surface area contributed by atoms with Crippen molar-refractivity contribution in [3.63, 3.8) is 0 Å². The molecule has 0 aliphatic heterocycles. The highest BCUT2D eigenvalue weighted by molar-refractivity contribution is 5.64. The number of benzene rings is 2. The largest absolute Gasteiger partial charge is 0.206 e. The van der Waals surface area contributed by atoms with Gasteiger partial charge in [0.15, 0.2) is 0 Å². The molecule has 0 aromatic heterocycles. The Hall–Kier alpha value is -1.63. The van der Waals surface area contributed by atoms with Crippen molar-refractivity contribution in [2.45, 2.75) is 110 Å². The molecule has 0 bridgehead atoms. The Labute approximate surface area is 202 Å². The zero-order valence-electron chi connectivity index (χ0n) is 21.1. The Morgan fingerprint density at radius 1 is 0.818 bits per heavy atom. The van der Waals surface area contributed by atoms with Crippen molar-refractivity contribution in [2.75, 3.05) is 0 Å². The van der Waals surface area contributed by atoms with Crippen LogP contribution in [0.4, 0.5) is 4.39 Å². The topological polar surface area (TPSA) is 0 Å². The molecule has 2 saturated carbocycles. The maximum absolute atomic E-state index is 15.0. The van der Waals surface area contributed by atoms with Gasteiger partial charge in [0.2, 0.25) is 0 Å². The molecular weight excluding hydrogens is 403 g/mol. The van der Waals surface area contributed by atoms with Gasteiger partial charge in [0, 0.05) is 5.56 Å². The van der Waals surface area contributed by atoms with E-state index in [2.05, 4.69) is 19.9 Å². The van der Waals surface area contributed by atoms with Crippen LogP contribution in [-0.2, 0) is 0 Å². The summed E-state index contributed by atoms with van der Waals surface area (Å²) in [6, 6.07) is 16.0. The first kappa shape index (κ1) is 24.5. The van der Waals surface area contributed by atoms with E-state index in [1.807, 2.05) is 42.5 Å². The van der Waals surface area contributed by atoms with E-state index >= 15 is 4.39 Å². The SMILES string of the molecule is CCCCCC1(C2CCC(CCC)CC2)CCC(c2ccc(-c3ccccc3)c(F)c2)CC1. The van der Waals surface area contributed by atoms with E-state index in [-0.39, 0.29) is 5.82 Å². The summed E-state index contributed by atoms with van der Waals surface area (Å²) in [4.78, 5) is 0. The van der Waals surface area contributed by atoms with Crippen molar-refractivity contribution in [1.82, 2.24) is 0 Å². The van der Waals surface area contributed by atoms with Gasteiger partial charge in [0.25, 0.3) is 0 Å². The molecule has 0 atom stereocenters. The molecule has 2 aliphatic rings. The van der Waals surface area contributed by atoms with Crippen molar-refractivity contribution < 1.29 is 4.39 Å². The number of rotatable bonds is 9. The first-order valence-corrected chi connectivity index (χ1v) is 14.0. The summed E-state index contributed by atoms with van der Waals surface area (Å²) < 4.78 is 15.0. The van der Waals surface area contributed by atoms with Gasteiger partial charge in [-0.1, -0.05) is 101 Å². The lowest BCUT2D eigenvalue weighted by molar-refractivity contribution is 0.0369. The zero-order valence-corrected chi connectivity index (χ0v) is 21.1. The summed E-state index contributed by atoms with van der Waals surface area (Å²) in [6.45, 7) is 4.67. The van der Waals surface area contributed by atoms with Crippen LogP contribution < -0.4 is 0 Å². The molecule has 0 spiro atoms. The van der Waals surface area contributed by atoms with Crippen LogP contribution in [0, 0.1) is 23.1 Å². The Kier molecular flexibility index (Phi) is 8.67. The standard InChI is InChI=1S/C32H45F/c1-3-5-9-21-32(29-16-13-25(10-4-2)14-17-29)22-19-26(20-23-32)28-15-18-30(31(33)24-28)27-11-7-6-8-12-27/h6-8,11-12,15,18,24-26,29H,3-5,9-10,13-14,16-17,19-23H2,1-2H3. The van der Waals surface area contributed by atoms with Crippen LogP contribution >= 0.6 is 0 Å². The number of hydrogen-bond acceptors (Lipinski definition) is 0. The van der Waals surface area contributed by atoms with Crippen LogP contribution in [0.25, 0.3) is 11.1 Å². The van der Waals surface area contributed by atoms with Crippen molar-refractivity contribution in [2.24, 2.45) is 17.3 Å². The molecule has 4 rings (SSSR count). The molecule has 0 nitrogen and oxygen atoms in total. The second kappa shape index (κ2) is 11.7. The van der Waals surface area contributed by atoms with E-state index in [1.165, 1.54) is 95.5 Å². The van der Waals surface area contributed by atoms with E-state index in [0.29, 0.717) is 11.3 Å². The minimum Gasteiger partial charge on any atom is -0.206 e. The first-order valence-electron chi connectivity index (χ1n) is 14.0. The summed E-state index contributed by atoms with van der Waals surface area (Å²) in [5.41, 5.74) is 3.48. The average molecular weight is 449 g/mol. The van der Waals surface area contributed by atoms with Gasteiger partial charge in [-0.3, -0.25) is 0 Å². The lowest BCUT2D eigenvalue weighted by Gasteiger charge is -2.48. The van der Waals surface area contributed by atoms with Crippen LogP contribution in [0.3, 0.4) is 0 Å². The molecule has 2 aromatic carbocycles. The molecule has 1 heteroatoms. The van der Waals surface area contributed by atoms with Crippen LogP contribution in [0.1, 0.15) is 115 Å². The normalized spacial score (nSPS) is 28.0. The predicted molar refractivity (Wildman–Crippen MR) is 140 cm³/mol. The average Bonchev–Trinajstić information content (AvgIpc) is 2.86. The second-order valence-corrected chi connectivity index (χ2v) is 11.2. The third-order valence-corrected chi connectivity index (χ3v) is 9.22. The predicted octanol–water partition coefficient (Wildman–Crippen LogP) is 10.3. The Morgan fingerprint density at radius 2 is 1.55 bits per heavy atom. The zero-order chi connectivity index (χ0) is 23.1. The monoisotopic (exact) mass is 448 g/mol. The van der Waals surface area contributed by atoms with Crippen LogP contribution in [0.5, 0.6) is 0 Å². The molecule has 180 valence electrons. The molecule has 2 aliphatic carbocycles. The summed E-state index contributed by atoms with van der Waals surface area (Å²) in [6.07, 6.45) is 19.3. The molecule has 2 fully saturated rings. The summed E-state index contributed by atoms with van der Waals surface area (Å²) in [5.74, 6) is 2.38. The van der Waals surface area contributed by atoms with Gasteiger partial charge in [0.1, 0.15) is 5.82 Å². The maximum Gasteiger partial charge on any atom is 0.131 e. The highest BCUT2D eigenvalue weighted by Gasteiger charge is 2.42. The minimum atomic E-state index is -0.0623. The van der Waals surface area contributed by atoms with E-state index in [0.717, 1.165) is 23.0 Å². The highest BCUT2D eigenvalue weighted by Crippen LogP contribution is 2.55. The molecule has 33 heavy (non-hydrogen) atoms. The summed E-state index contributed by atoms with van der Waals surface area (Å²) >= 11 is 0. The van der Waals surface area contributed by atoms with Gasteiger partial charge >= 0.3 is 0 Å². The first-order chi connectivity index (χ1) is 16.1. The van der Waals surface area contributed by atoms with Gasteiger partial charge in [-0.2, -0.15) is 0 Å². The van der Waals surface area contributed by atoms with Gasteiger partial charge in [0.05, 0.1) is 0 Å². The Morgan fingerprint density at radius 3 is 2.18 bits per heavy atom. The smallest absolute Gasteiger partial charge is 0.131 e. The van der Waals surface area contributed by atoms with Gasteiger partial charge in [-0.15, -0.1) is 0 Å². The van der Waals surface area contributed by atoms with Crippen molar-refractivity contribution in [3.8, 4) is 11.1 Å². The quantitative estimate of drug-likeness (QED) is 0.335. The molecule has 0 amide bonds. The molecule has 0 saturated heterocycles. The van der Waals surface area contributed by atoms with Gasteiger partial charge < -0.3 is 0 Å². The van der Waals surface area contributed by atoms with Crippen molar-refractivity contribution in [1.29, 1.82) is 0 Å². The molecule has 0 radical (unpaired) electrons. The third-order valence-electron chi connectivity index (χ3n) is 9.22. The summed E-state index contributed by atoms with van der Waals surface area (Å²) in [7, 11) is 0. The highest BCUT2D eigenvalue weighted by atomic mass is 19.1. The second-order valence-electron chi connectivity index (χ2n) is 11.2. The number of unbranched alkanes of at least 4 members (excludes halogenated alkanes) is 2. The van der Waals surface area contributed by atoms with E-state index < -0.39 is 0 Å². The van der Waals surface area contributed by atoms with Crippen LogP contribution in [0.2, 0.25) is 0 Å². The molecule has 0 heterocycles. The van der Waals surface area contributed by atoms with Gasteiger partial charge in [-0.05, 0) is 85.3 Å². The third kappa shape index (κ3) is 5.90. The Balaban J connectivity index is 1.43. The molecular formula is C32H45F. The summed E-state index contributed by atoms with van der Waals surface area (Å²) in [5, 5.41) is 0. The maximum atomic E-state index is 15.0. The fourth-order valence-electron chi connectivity index (χ4n) is 7.22. The van der Waals surface area contributed by atoms with Crippen molar-refractivity contribution >= 4 is 0 Å². The molecule has 0 unspecified atom stereocenters. The van der Waals surface area contributed by atoms with Crippen LogP contribution in [0.15, 0.2) is 48.5 Å². The fourth-order valence-corrected chi connectivity index (χ4v) is 7.22. The lowest BCUT2D eigenvalue weighted by atomic mass is 9.57. The van der Waals surface area contributed by atoms with Crippen molar-refractivity contribution in [3.05, 3.63) is 59.9 Å². The number of halogens is 1. The van der Waals surface area contributed by atoms with E-state index in [9.17, 15) is 0 Å². The van der Waals surface area contributed by atoms with Gasteiger partial charge in [-0.25, -0.2) is 4.39 Å². The molecule has 0 N–H and O–H groups in total.